The van der Waals surface area contributed by atoms with Gasteiger partial charge in [0.05, 0.1) is 33.1 Å². The first kappa shape index (κ1) is 43.8. The van der Waals surface area contributed by atoms with Gasteiger partial charge in [0.25, 0.3) is 0 Å². The van der Waals surface area contributed by atoms with Gasteiger partial charge in [0, 0.05) is 49.4 Å². The lowest BCUT2D eigenvalue weighted by atomic mass is 10.0. The molecule has 3 aromatic heterocycles. The SMILES string of the molecule is c1ccc(-c2cc(-n3c4ccccc4c4cc(-c5ccccc5)ccc43)cc(-n3c4ccccc4c4cc(-n5c6ccccc6c6ccc([Si](c7ccccc7)(c7ccccc7)c7ccccc7)cc65)ccc43)c2)cc1. The van der Waals surface area contributed by atoms with Crippen molar-refractivity contribution < 1.29 is 0 Å². The van der Waals surface area contributed by atoms with Crippen LogP contribution >= 0.6 is 0 Å². The van der Waals surface area contributed by atoms with Crippen molar-refractivity contribution in [1.82, 2.24) is 13.7 Å². The van der Waals surface area contributed by atoms with Gasteiger partial charge in [-0.05, 0) is 116 Å². The molecule has 3 nitrogen and oxygen atoms in total. The molecule has 0 spiro atoms. The van der Waals surface area contributed by atoms with Gasteiger partial charge in [-0.15, -0.1) is 0 Å². The molecule has 0 fully saturated rings. The number of hydrogen-bond donors (Lipinski definition) is 0. The Balaban J connectivity index is 0.959. The minimum atomic E-state index is -2.82. The number of nitrogens with zero attached hydrogens (tertiary/aromatic N) is 3. The molecular weight excluding hydrogens is 935 g/mol. The Bertz CT molecular complexity index is 4570. The highest BCUT2D eigenvalue weighted by atomic mass is 28.3. The molecule has 0 atom stereocenters. The molecule has 12 aromatic carbocycles. The van der Waals surface area contributed by atoms with E-state index in [2.05, 4.69) is 311 Å². The molecule has 0 aliphatic heterocycles. The Morgan fingerprint density at radius 1 is 0.184 bits per heavy atom. The first-order chi connectivity index (χ1) is 37.7. The maximum atomic E-state index is 2.52. The summed E-state index contributed by atoms with van der Waals surface area (Å²) in [6.07, 6.45) is 0. The molecule has 0 aliphatic rings. The zero-order chi connectivity index (χ0) is 50.2. The lowest BCUT2D eigenvalue weighted by Gasteiger charge is -2.34. The van der Waals surface area contributed by atoms with Crippen molar-refractivity contribution in [2.75, 3.05) is 0 Å². The summed E-state index contributed by atoms with van der Waals surface area (Å²) >= 11 is 0. The molecule has 76 heavy (non-hydrogen) atoms. The minimum absolute atomic E-state index is 1.10. The fraction of sp³-hybridized carbons (Fsp3) is 0. The van der Waals surface area contributed by atoms with E-state index in [1.807, 2.05) is 0 Å². The molecule has 0 saturated heterocycles. The van der Waals surface area contributed by atoms with Crippen LogP contribution in [0.15, 0.2) is 297 Å². The normalized spacial score (nSPS) is 11.9. The molecule has 0 bridgehead atoms. The molecule has 356 valence electrons. The summed E-state index contributed by atoms with van der Waals surface area (Å²) in [5.41, 5.74) is 15.1. The highest BCUT2D eigenvalue weighted by Gasteiger charge is 2.41. The van der Waals surface area contributed by atoms with Gasteiger partial charge in [-0.25, -0.2) is 0 Å². The van der Waals surface area contributed by atoms with Gasteiger partial charge in [0.15, 0.2) is 8.07 Å². The maximum Gasteiger partial charge on any atom is 0.179 e. The third kappa shape index (κ3) is 6.81. The van der Waals surface area contributed by atoms with Crippen LogP contribution in [0.4, 0.5) is 0 Å². The third-order valence-electron chi connectivity index (χ3n) is 15.9. The predicted molar refractivity (Wildman–Crippen MR) is 324 cm³/mol. The zero-order valence-electron chi connectivity index (χ0n) is 41.6. The number of benzene rings is 12. The molecule has 0 amide bonds. The Hall–Kier alpha value is -9.74. The lowest BCUT2D eigenvalue weighted by molar-refractivity contribution is 1.13. The van der Waals surface area contributed by atoms with Crippen molar-refractivity contribution in [2.24, 2.45) is 0 Å². The quantitative estimate of drug-likeness (QED) is 0.101. The minimum Gasteiger partial charge on any atom is -0.309 e. The predicted octanol–water partition coefficient (Wildman–Crippen LogP) is 15.7. The van der Waals surface area contributed by atoms with Crippen LogP contribution in [0.1, 0.15) is 0 Å². The highest BCUT2D eigenvalue weighted by Crippen LogP contribution is 2.41. The second-order valence-corrected chi connectivity index (χ2v) is 23.9. The van der Waals surface area contributed by atoms with Crippen LogP contribution in [0.3, 0.4) is 0 Å². The monoisotopic (exact) mass is 983 g/mol. The number of para-hydroxylation sites is 3. The van der Waals surface area contributed by atoms with Crippen molar-refractivity contribution >= 4 is 94.2 Å². The van der Waals surface area contributed by atoms with Gasteiger partial charge in [-0.1, -0.05) is 224 Å². The largest absolute Gasteiger partial charge is 0.309 e. The number of aromatic nitrogens is 3. The Labute approximate surface area is 442 Å². The molecule has 3 heterocycles. The summed E-state index contributed by atoms with van der Waals surface area (Å²) in [5, 5.41) is 12.8. The molecule has 4 heteroatoms. The summed E-state index contributed by atoms with van der Waals surface area (Å²) in [7, 11) is -2.82. The molecule has 0 radical (unpaired) electrons. The Kier molecular flexibility index (Phi) is 10.2. The molecule has 0 saturated carbocycles. The summed E-state index contributed by atoms with van der Waals surface area (Å²) in [6, 6.07) is 110. The van der Waals surface area contributed by atoms with Gasteiger partial charge in [-0.3, -0.25) is 0 Å². The number of hydrogen-bond acceptors (Lipinski definition) is 0. The highest BCUT2D eigenvalue weighted by molar-refractivity contribution is 7.20. The first-order valence-corrected chi connectivity index (χ1v) is 28.2. The lowest BCUT2D eigenvalue weighted by Crippen LogP contribution is -2.74. The molecule has 15 aromatic rings. The van der Waals surface area contributed by atoms with E-state index in [1.54, 1.807) is 0 Å². The van der Waals surface area contributed by atoms with Gasteiger partial charge < -0.3 is 13.7 Å². The second kappa shape index (κ2) is 17.7. The Morgan fingerprint density at radius 2 is 0.566 bits per heavy atom. The summed E-state index contributed by atoms with van der Waals surface area (Å²) in [6.45, 7) is 0. The van der Waals surface area contributed by atoms with E-state index < -0.39 is 8.07 Å². The van der Waals surface area contributed by atoms with Crippen LogP contribution in [-0.2, 0) is 0 Å². The molecular formula is C72H49N3Si. The van der Waals surface area contributed by atoms with E-state index in [4.69, 9.17) is 0 Å². The Morgan fingerprint density at radius 3 is 1.08 bits per heavy atom. The van der Waals surface area contributed by atoms with Crippen LogP contribution in [-0.4, -0.2) is 21.8 Å². The van der Waals surface area contributed by atoms with E-state index in [0.717, 1.165) is 33.7 Å². The van der Waals surface area contributed by atoms with Crippen LogP contribution in [0.5, 0.6) is 0 Å². The van der Waals surface area contributed by atoms with E-state index in [-0.39, 0.29) is 0 Å². The fourth-order valence-electron chi connectivity index (χ4n) is 12.6. The smallest absolute Gasteiger partial charge is 0.179 e. The summed E-state index contributed by atoms with van der Waals surface area (Å²) in [4.78, 5) is 0. The molecule has 0 unspecified atom stereocenters. The van der Waals surface area contributed by atoms with Crippen molar-refractivity contribution in [3.63, 3.8) is 0 Å². The second-order valence-electron chi connectivity index (χ2n) is 20.0. The van der Waals surface area contributed by atoms with Gasteiger partial charge in [-0.2, -0.15) is 0 Å². The van der Waals surface area contributed by atoms with E-state index in [0.29, 0.717) is 0 Å². The van der Waals surface area contributed by atoms with Gasteiger partial charge >= 0.3 is 0 Å². The molecule has 0 N–H and O–H groups in total. The summed E-state index contributed by atoms with van der Waals surface area (Å²) < 4.78 is 7.46. The zero-order valence-corrected chi connectivity index (χ0v) is 42.6. The molecule has 0 aliphatic carbocycles. The van der Waals surface area contributed by atoms with Crippen LogP contribution in [0.2, 0.25) is 0 Å². The van der Waals surface area contributed by atoms with Crippen molar-refractivity contribution in [1.29, 1.82) is 0 Å². The number of fused-ring (bicyclic) bond motifs is 9. The van der Waals surface area contributed by atoms with Gasteiger partial charge in [0.1, 0.15) is 0 Å². The van der Waals surface area contributed by atoms with Crippen LogP contribution < -0.4 is 20.7 Å². The van der Waals surface area contributed by atoms with E-state index in [9.17, 15) is 0 Å². The van der Waals surface area contributed by atoms with Crippen molar-refractivity contribution in [3.8, 4) is 39.3 Å². The third-order valence-corrected chi connectivity index (χ3v) is 20.7. The maximum absolute atomic E-state index is 2.82. The first-order valence-electron chi connectivity index (χ1n) is 26.2. The van der Waals surface area contributed by atoms with Crippen LogP contribution in [0, 0.1) is 0 Å². The standard InChI is InChI=1S/C72H49N3Si/c1-6-22-50(23-7-1)52-38-42-70-65(46-52)62-33-17-20-36-68(62)74(70)55-44-53(51-24-8-2-9-25-51)45-56(47-55)75-69-37-21-18-34-63(69)66-48-54(39-43-71(66)75)73-67-35-19-16-32-61(67)64-41-40-60(49-72(64)73)76(57-26-10-3-11-27-57,58-28-12-4-13-29-58)59-30-14-5-15-31-59/h1-49H. The van der Waals surface area contributed by atoms with Crippen molar-refractivity contribution in [3.05, 3.63) is 297 Å². The van der Waals surface area contributed by atoms with Crippen LogP contribution in [0.25, 0.3) is 105 Å². The fourth-order valence-corrected chi connectivity index (χ4v) is 17.4. The summed E-state index contributed by atoms with van der Waals surface area (Å²) in [5.74, 6) is 0. The number of rotatable bonds is 9. The molecule has 15 rings (SSSR count). The van der Waals surface area contributed by atoms with Gasteiger partial charge in [0.2, 0.25) is 0 Å². The average Bonchev–Trinajstić information content (AvgIpc) is 4.18. The van der Waals surface area contributed by atoms with Crippen molar-refractivity contribution in [2.45, 2.75) is 0 Å². The topological polar surface area (TPSA) is 14.8 Å². The average molecular weight is 984 g/mol. The van der Waals surface area contributed by atoms with E-state index in [1.165, 1.54) is 91.8 Å². The van der Waals surface area contributed by atoms with E-state index >= 15 is 0 Å².